The van der Waals surface area contributed by atoms with Gasteiger partial charge in [0.2, 0.25) is 0 Å². The molecule has 106 valence electrons. The smallest absolute Gasteiger partial charge is 0.269 e. The molecule has 1 aromatic heterocycles. The third-order valence-electron chi connectivity index (χ3n) is 3.22. The molecule has 0 saturated carbocycles. The first-order valence-corrected chi connectivity index (χ1v) is 7.61. The summed E-state index contributed by atoms with van der Waals surface area (Å²) >= 11 is 9.69. The topological polar surface area (TPSA) is 44.9 Å². The van der Waals surface area contributed by atoms with Crippen molar-refractivity contribution in [1.29, 1.82) is 0 Å². The molecule has 0 spiro atoms. The molecule has 1 amide bonds. The summed E-state index contributed by atoms with van der Waals surface area (Å²) in [6.45, 7) is 0.467. The number of hydrogen-bond acceptors (Lipinski definition) is 1. The maximum atomic E-state index is 12.3. The van der Waals surface area contributed by atoms with Crippen molar-refractivity contribution in [3.05, 3.63) is 69.3 Å². The lowest BCUT2D eigenvalue weighted by Gasteiger charge is -2.04. The van der Waals surface area contributed by atoms with Gasteiger partial charge in [0, 0.05) is 21.9 Å². The Kier molecular flexibility index (Phi) is 3.99. The van der Waals surface area contributed by atoms with Crippen LogP contribution in [0, 0.1) is 0 Å². The number of amides is 1. The van der Waals surface area contributed by atoms with Crippen molar-refractivity contribution in [2.45, 2.75) is 6.54 Å². The molecule has 0 aliphatic carbocycles. The standard InChI is InChI=1S/C16H12BrClN2O/c17-11-6-7-13-12(8-11)14(18)15(20-13)16(21)19-9-10-4-2-1-3-5-10/h1-8,20H,9H2,(H,19,21). The molecule has 2 N–H and O–H groups in total. The number of hydrogen-bond donors (Lipinski definition) is 2. The number of aromatic amines is 1. The average molecular weight is 364 g/mol. The minimum atomic E-state index is -0.212. The first kappa shape index (κ1) is 14.2. The Bertz CT molecular complexity index is 799. The molecule has 2 aromatic carbocycles. The average Bonchev–Trinajstić information content (AvgIpc) is 2.83. The number of carbonyl (C=O) groups excluding carboxylic acids is 1. The van der Waals surface area contributed by atoms with Crippen LogP contribution in [-0.2, 0) is 6.54 Å². The van der Waals surface area contributed by atoms with Gasteiger partial charge in [-0.15, -0.1) is 0 Å². The summed E-state index contributed by atoms with van der Waals surface area (Å²) < 4.78 is 0.923. The summed E-state index contributed by atoms with van der Waals surface area (Å²) in [5, 5.41) is 4.14. The summed E-state index contributed by atoms with van der Waals surface area (Å²) in [5.41, 5.74) is 2.27. The summed E-state index contributed by atoms with van der Waals surface area (Å²) in [7, 11) is 0. The van der Waals surface area contributed by atoms with E-state index < -0.39 is 0 Å². The first-order valence-electron chi connectivity index (χ1n) is 6.44. The van der Waals surface area contributed by atoms with Gasteiger partial charge in [-0.2, -0.15) is 0 Å². The molecule has 0 fully saturated rings. The van der Waals surface area contributed by atoms with Crippen molar-refractivity contribution in [1.82, 2.24) is 10.3 Å². The lowest BCUT2D eigenvalue weighted by molar-refractivity contribution is 0.0947. The zero-order valence-electron chi connectivity index (χ0n) is 11.0. The van der Waals surface area contributed by atoms with Gasteiger partial charge < -0.3 is 10.3 Å². The van der Waals surface area contributed by atoms with Crippen molar-refractivity contribution in [2.75, 3.05) is 0 Å². The van der Waals surface area contributed by atoms with Crippen molar-refractivity contribution in [3.63, 3.8) is 0 Å². The van der Waals surface area contributed by atoms with Gasteiger partial charge in [0.15, 0.2) is 0 Å². The van der Waals surface area contributed by atoms with Crippen LogP contribution < -0.4 is 5.32 Å². The lowest BCUT2D eigenvalue weighted by atomic mass is 10.2. The van der Waals surface area contributed by atoms with Gasteiger partial charge in [0.1, 0.15) is 5.69 Å². The monoisotopic (exact) mass is 362 g/mol. The highest BCUT2D eigenvalue weighted by atomic mass is 79.9. The maximum Gasteiger partial charge on any atom is 0.269 e. The number of halogens is 2. The van der Waals surface area contributed by atoms with E-state index in [4.69, 9.17) is 11.6 Å². The second-order valence-corrected chi connectivity index (χ2v) is 5.97. The number of benzene rings is 2. The van der Waals surface area contributed by atoms with Gasteiger partial charge in [-0.25, -0.2) is 0 Å². The van der Waals surface area contributed by atoms with Crippen molar-refractivity contribution in [3.8, 4) is 0 Å². The third kappa shape index (κ3) is 2.96. The number of fused-ring (bicyclic) bond motifs is 1. The predicted octanol–water partition coefficient (Wildman–Crippen LogP) is 4.51. The van der Waals surface area contributed by atoms with Gasteiger partial charge in [0.25, 0.3) is 5.91 Å². The molecule has 1 heterocycles. The number of aromatic nitrogens is 1. The highest BCUT2D eigenvalue weighted by Crippen LogP contribution is 2.29. The van der Waals surface area contributed by atoms with Gasteiger partial charge >= 0.3 is 0 Å². The van der Waals surface area contributed by atoms with Gasteiger partial charge in [-0.05, 0) is 23.8 Å². The molecule has 0 saturated heterocycles. The molecular formula is C16H12BrClN2O. The Morgan fingerprint density at radius 3 is 2.71 bits per heavy atom. The van der Waals surface area contributed by atoms with Crippen LogP contribution in [-0.4, -0.2) is 10.9 Å². The van der Waals surface area contributed by atoms with E-state index in [1.165, 1.54) is 0 Å². The number of nitrogens with one attached hydrogen (secondary N) is 2. The molecule has 0 aliphatic rings. The van der Waals surface area contributed by atoms with Crippen LogP contribution in [0.4, 0.5) is 0 Å². The van der Waals surface area contributed by atoms with Crippen LogP contribution in [0.1, 0.15) is 16.1 Å². The van der Waals surface area contributed by atoms with Crippen molar-refractivity contribution in [2.24, 2.45) is 0 Å². The quantitative estimate of drug-likeness (QED) is 0.706. The number of carbonyl (C=O) groups is 1. The molecule has 21 heavy (non-hydrogen) atoms. The highest BCUT2D eigenvalue weighted by Gasteiger charge is 2.16. The Labute approximate surface area is 135 Å². The Morgan fingerprint density at radius 2 is 1.95 bits per heavy atom. The molecule has 0 radical (unpaired) electrons. The minimum absolute atomic E-state index is 0.212. The zero-order valence-corrected chi connectivity index (χ0v) is 13.3. The number of rotatable bonds is 3. The molecule has 5 heteroatoms. The molecule has 0 unspecified atom stereocenters. The molecule has 0 bridgehead atoms. The Morgan fingerprint density at radius 1 is 1.19 bits per heavy atom. The van der Waals surface area contributed by atoms with Crippen LogP contribution in [0.3, 0.4) is 0 Å². The van der Waals surface area contributed by atoms with Crippen LogP contribution in [0.2, 0.25) is 5.02 Å². The van der Waals surface area contributed by atoms with E-state index in [-0.39, 0.29) is 5.91 Å². The second-order valence-electron chi connectivity index (χ2n) is 4.67. The normalized spacial score (nSPS) is 10.8. The predicted molar refractivity (Wildman–Crippen MR) is 88.6 cm³/mol. The molecule has 0 aliphatic heterocycles. The maximum absolute atomic E-state index is 12.3. The molecule has 3 rings (SSSR count). The fourth-order valence-corrected chi connectivity index (χ4v) is 2.80. The van der Waals surface area contributed by atoms with E-state index in [2.05, 4.69) is 26.2 Å². The van der Waals surface area contributed by atoms with Crippen LogP contribution in [0.5, 0.6) is 0 Å². The highest BCUT2D eigenvalue weighted by molar-refractivity contribution is 9.10. The van der Waals surface area contributed by atoms with Crippen molar-refractivity contribution >= 4 is 44.3 Å². The molecule has 0 atom stereocenters. The van der Waals surface area contributed by atoms with Crippen LogP contribution in [0.15, 0.2) is 53.0 Å². The second kappa shape index (κ2) is 5.92. The molecule has 3 aromatic rings. The van der Waals surface area contributed by atoms with Gasteiger partial charge in [-0.3, -0.25) is 4.79 Å². The summed E-state index contributed by atoms with van der Waals surface area (Å²) in [4.78, 5) is 15.3. The van der Waals surface area contributed by atoms with Crippen molar-refractivity contribution < 1.29 is 4.79 Å². The van der Waals surface area contributed by atoms with Crippen LogP contribution in [0.25, 0.3) is 10.9 Å². The van der Waals surface area contributed by atoms with Crippen LogP contribution >= 0.6 is 27.5 Å². The van der Waals surface area contributed by atoms with E-state index in [1.54, 1.807) is 0 Å². The fourth-order valence-electron chi connectivity index (χ4n) is 2.15. The Hall–Kier alpha value is -1.78. The van der Waals surface area contributed by atoms with Gasteiger partial charge in [0.05, 0.1) is 5.02 Å². The van der Waals surface area contributed by atoms with E-state index in [1.807, 2.05) is 48.5 Å². The zero-order chi connectivity index (χ0) is 14.8. The molecule has 3 nitrogen and oxygen atoms in total. The fraction of sp³-hybridized carbons (Fsp3) is 0.0625. The third-order valence-corrected chi connectivity index (χ3v) is 4.11. The van der Waals surface area contributed by atoms with Gasteiger partial charge in [-0.1, -0.05) is 57.9 Å². The summed E-state index contributed by atoms with van der Waals surface area (Å²) in [6, 6.07) is 15.4. The number of H-pyrrole nitrogens is 1. The van der Waals surface area contributed by atoms with E-state index in [9.17, 15) is 4.79 Å². The van der Waals surface area contributed by atoms with E-state index in [0.29, 0.717) is 17.3 Å². The largest absolute Gasteiger partial charge is 0.349 e. The summed E-state index contributed by atoms with van der Waals surface area (Å²) in [6.07, 6.45) is 0. The molecular weight excluding hydrogens is 352 g/mol. The van der Waals surface area contributed by atoms with E-state index >= 15 is 0 Å². The lowest BCUT2D eigenvalue weighted by Crippen LogP contribution is -2.23. The first-order chi connectivity index (χ1) is 10.1. The minimum Gasteiger partial charge on any atom is -0.349 e. The SMILES string of the molecule is O=C(NCc1ccccc1)c1[nH]c2ccc(Br)cc2c1Cl. The summed E-state index contributed by atoms with van der Waals surface area (Å²) in [5.74, 6) is -0.212. The Balaban J connectivity index is 1.83. The van der Waals surface area contributed by atoms with E-state index in [0.717, 1.165) is 20.9 Å².